The summed E-state index contributed by atoms with van der Waals surface area (Å²) in [6, 6.07) is 19.5. The minimum absolute atomic E-state index is 0.141. The Kier molecular flexibility index (Phi) is 6.27. The van der Waals surface area contributed by atoms with Crippen molar-refractivity contribution in [1.29, 1.82) is 0 Å². The van der Waals surface area contributed by atoms with Crippen LogP contribution in [-0.2, 0) is 14.6 Å². The predicted octanol–water partition coefficient (Wildman–Crippen LogP) is 4.26. The van der Waals surface area contributed by atoms with Crippen molar-refractivity contribution >= 4 is 38.7 Å². The minimum Gasteiger partial charge on any atom is -0.378 e. The zero-order valence-electron chi connectivity index (χ0n) is 16.6. The summed E-state index contributed by atoms with van der Waals surface area (Å²) in [6.07, 6.45) is 0. The molecule has 1 aliphatic heterocycles. The van der Waals surface area contributed by atoms with Crippen LogP contribution in [0.2, 0.25) is 5.02 Å². The topological polar surface area (TPSA) is 75.7 Å². The molecular weight excluding hydrogens is 436 g/mol. The Bertz CT molecular complexity index is 1160. The number of carbonyl (C=O) groups is 1. The molecule has 1 N–H and O–H groups in total. The van der Waals surface area contributed by atoms with Crippen molar-refractivity contribution in [3.63, 3.8) is 0 Å². The Labute approximate surface area is 186 Å². The fourth-order valence-electron chi connectivity index (χ4n) is 3.32. The summed E-state index contributed by atoms with van der Waals surface area (Å²) in [4.78, 5) is 15.1. The lowest BCUT2D eigenvalue weighted by Crippen LogP contribution is -2.36. The molecule has 0 saturated carbocycles. The van der Waals surface area contributed by atoms with Crippen molar-refractivity contribution in [2.45, 2.75) is 9.79 Å². The summed E-state index contributed by atoms with van der Waals surface area (Å²) in [5, 5.41) is 3.27. The van der Waals surface area contributed by atoms with Crippen LogP contribution in [0, 0.1) is 0 Å². The molecule has 160 valence electrons. The summed E-state index contributed by atoms with van der Waals surface area (Å²) in [5.74, 6) is -0.262. The number of anilines is 2. The number of rotatable bonds is 5. The smallest absolute Gasteiger partial charge is 0.255 e. The van der Waals surface area contributed by atoms with E-state index in [2.05, 4.69) is 10.2 Å². The molecule has 0 spiro atoms. The first-order valence-corrected chi connectivity index (χ1v) is 11.6. The largest absolute Gasteiger partial charge is 0.378 e. The fourth-order valence-corrected chi connectivity index (χ4v) is 4.70. The maximum absolute atomic E-state index is 12.7. The summed E-state index contributed by atoms with van der Waals surface area (Å²) >= 11 is 5.83. The quantitative estimate of drug-likeness (QED) is 0.620. The van der Waals surface area contributed by atoms with Crippen LogP contribution in [0.3, 0.4) is 0 Å². The van der Waals surface area contributed by atoms with Crippen LogP contribution in [0.4, 0.5) is 11.4 Å². The van der Waals surface area contributed by atoms with E-state index in [1.165, 1.54) is 36.4 Å². The Morgan fingerprint density at radius 1 is 0.839 bits per heavy atom. The van der Waals surface area contributed by atoms with Gasteiger partial charge in [-0.05, 0) is 72.8 Å². The molecule has 0 atom stereocenters. The van der Waals surface area contributed by atoms with E-state index in [1.807, 2.05) is 12.1 Å². The number of hydrogen-bond acceptors (Lipinski definition) is 5. The van der Waals surface area contributed by atoms with E-state index < -0.39 is 9.84 Å². The number of halogens is 1. The van der Waals surface area contributed by atoms with Crippen molar-refractivity contribution in [2.24, 2.45) is 0 Å². The third-order valence-corrected chi connectivity index (χ3v) is 7.09. The fraction of sp³-hybridized carbons (Fsp3) is 0.174. The van der Waals surface area contributed by atoms with Crippen LogP contribution < -0.4 is 10.2 Å². The zero-order chi connectivity index (χ0) is 21.8. The minimum atomic E-state index is -3.65. The van der Waals surface area contributed by atoms with E-state index in [-0.39, 0.29) is 15.7 Å². The van der Waals surface area contributed by atoms with E-state index >= 15 is 0 Å². The second-order valence-corrected chi connectivity index (χ2v) is 9.47. The first-order valence-electron chi connectivity index (χ1n) is 9.78. The van der Waals surface area contributed by atoms with Gasteiger partial charge < -0.3 is 15.0 Å². The molecular formula is C23H21ClN2O4S. The van der Waals surface area contributed by atoms with Gasteiger partial charge in [0.2, 0.25) is 9.84 Å². The van der Waals surface area contributed by atoms with E-state index in [1.54, 1.807) is 24.3 Å². The van der Waals surface area contributed by atoms with Crippen molar-refractivity contribution in [3.05, 3.63) is 83.4 Å². The van der Waals surface area contributed by atoms with Crippen LogP contribution in [0.5, 0.6) is 0 Å². The van der Waals surface area contributed by atoms with Crippen molar-refractivity contribution in [3.8, 4) is 0 Å². The number of sulfone groups is 1. The van der Waals surface area contributed by atoms with Crippen molar-refractivity contribution < 1.29 is 17.9 Å². The average molecular weight is 457 g/mol. The molecule has 0 unspecified atom stereocenters. The number of carbonyl (C=O) groups excluding carboxylic acids is 1. The van der Waals surface area contributed by atoms with Gasteiger partial charge in [0, 0.05) is 35.1 Å². The van der Waals surface area contributed by atoms with E-state index in [0.717, 1.165) is 18.8 Å². The number of ether oxygens (including phenoxy) is 1. The average Bonchev–Trinajstić information content (AvgIpc) is 2.80. The van der Waals surface area contributed by atoms with Crippen molar-refractivity contribution in [1.82, 2.24) is 0 Å². The lowest BCUT2D eigenvalue weighted by atomic mass is 10.1. The highest BCUT2D eigenvalue weighted by molar-refractivity contribution is 7.91. The van der Waals surface area contributed by atoms with E-state index in [9.17, 15) is 13.2 Å². The third-order valence-electron chi connectivity index (χ3n) is 5.05. The van der Waals surface area contributed by atoms with Gasteiger partial charge in [0.05, 0.1) is 23.0 Å². The van der Waals surface area contributed by atoms with Gasteiger partial charge in [0.15, 0.2) is 0 Å². The Morgan fingerprint density at radius 2 is 1.39 bits per heavy atom. The molecule has 1 heterocycles. The summed E-state index contributed by atoms with van der Waals surface area (Å²) < 4.78 is 30.8. The van der Waals surface area contributed by atoms with E-state index in [0.29, 0.717) is 29.5 Å². The molecule has 1 aliphatic rings. The molecule has 1 amide bonds. The summed E-state index contributed by atoms with van der Waals surface area (Å²) in [5.41, 5.74) is 2.09. The van der Waals surface area contributed by atoms with Gasteiger partial charge in [-0.2, -0.15) is 0 Å². The first-order chi connectivity index (χ1) is 14.9. The molecule has 0 aromatic heterocycles. The van der Waals surface area contributed by atoms with Gasteiger partial charge in [-0.15, -0.1) is 0 Å². The maximum Gasteiger partial charge on any atom is 0.255 e. The molecule has 6 nitrogen and oxygen atoms in total. The molecule has 8 heteroatoms. The predicted molar refractivity (Wildman–Crippen MR) is 121 cm³/mol. The second-order valence-electron chi connectivity index (χ2n) is 7.08. The van der Waals surface area contributed by atoms with Crippen LogP contribution in [0.1, 0.15) is 10.4 Å². The monoisotopic (exact) mass is 456 g/mol. The number of morpholine rings is 1. The normalized spacial score (nSPS) is 14.3. The highest BCUT2D eigenvalue weighted by atomic mass is 35.5. The number of nitrogens with one attached hydrogen (secondary N) is 1. The third kappa shape index (κ3) is 4.90. The van der Waals surface area contributed by atoms with Gasteiger partial charge in [-0.3, -0.25) is 4.79 Å². The second kappa shape index (κ2) is 9.09. The highest BCUT2D eigenvalue weighted by Crippen LogP contribution is 2.24. The molecule has 0 bridgehead atoms. The summed E-state index contributed by atoms with van der Waals surface area (Å²) in [7, 11) is -3.65. The standard InChI is InChI=1S/C23H21ClN2O4S/c24-18-3-9-21(10-4-18)31(28,29)22-11-5-19(6-12-22)25-23(27)17-1-7-20(8-2-17)26-13-15-30-16-14-26/h1-12H,13-16H2,(H,25,27). The SMILES string of the molecule is O=C(Nc1ccc(S(=O)(=O)c2ccc(Cl)cc2)cc1)c1ccc(N2CCOCC2)cc1. The lowest BCUT2D eigenvalue weighted by Gasteiger charge is -2.28. The van der Waals surface area contributed by atoms with Crippen LogP contribution in [0.15, 0.2) is 82.6 Å². The molecule has 1 saturated heterocycles. The number of hydrogen-bond donors (Lipinski definition) is 1. The highest BCUT2D eigenvalue weighted by Gasteiger charge is 2.18. The van der Waals surface area contributed by atoms with Crippen LogP contribution >= 0.6 is 11.6 Å². The van der Waals surface area contributed by atoms with Crippen LogP contribution in [-0.4, -0.2) is 40.6 Å². The Hall–Kier alpha value is -2.87. The number of amides is 1. The molecule has 1 fully saturated rings. The van der Waals surface area contributed by atoms with Gasteiger partial charge in [0.25, 0.3) is 5.91 Å². The van der Waals surface area contributed by atoms with Gasteiger partial charge in [-0.25, -0.2) is 8.42 Å². The van der Waals surface area contributed by atoms with Crippen molar-refractivity contribution in [2.75, 3.05) is 36.5 Å². The van der Waals surface area contributed by atoms with Gasteiger partial charge in [0.1, 0.15) is 0 Å². The molecule has 4 rings (SSSR count). The Morgan fingerprint density at radius 3 is 1.97 bits per heavy atom. The lowest BCUT2D eigenvalue weighted by molar-refractivity contribution is 0.102. The number of nitrogens with zero attached hydrogens (tertiary/aromatic N) is 1. The first kappa shape index (κ1) is 21.4. The molecule has 0 radical (unpaired) electrons. The van der Waals surface area contributed by atoms with E-state index in [4.69, 9.17) is 16.3 Å². The molecule has 31 heavy (non-hydrogen) atoms. The Balaban J connectivity index is 1.43. The van der Waals surface area contributed by atoms with Crippen LogP contribution in [0.25, 0.3) is 0 Å². The number of benzene rings is 3. The molecule has 3 aromatic carbocycles. The summed E-state index contributed by atoms with van der Waals surface area (Å²) in [6.45, 7) is 3.06. The van der Waals surface area contributed by atoms with Gasteiger partial charge in [-0.1, -0.05) is 11.6 Å². The molecule has 3 aromatic rings. The molecule has 0 aliphatic carbocycles. The van der Waals surface area contributed by atoms with Gasteiger partial charge >= 0.3 is 0 Å². The zero-order valence-corrected chi connectivity index (χ0v) is 18.2. The maximum atomic E-state index is 12.7.